The van der Waals surface area contributed by atoms with Gasteiger partial charge < -0.3 is 0 Å². The van der Waals surface area contributed by atoms with Gasteiger partial charge in [-0.05, 0) is 85.3 Å². The minimum absolute atomic E-state index is 0.0879. The first-order valence-electron chi connectivity index (χ1n) is 14.6. The first-order chi connectivity index (χ1) is 20.3. The van der Waals surface area contributed by atoms with Gasteiger partial charge in [0.2, 0.25) is 0 Å². The zero-order valence-corrected chi connectivity index (χ0v) is 25.7. The van der Waals surface area contributed by atoms with Crippen molar-refractivity contribution in [3.05, 3.63) is 82.9 Å². The number of fused-ring (bicyclic) bond motifs is 2. The Hall–Kier alpha value is -3.88. The molecule has 8 heteroatoms. The van der Waals surface area contributed by atoms with Gasteiger partial charge in [0, 0.05) is 31.6 Å². The topological polar surface area (TPSA) is 74.8 Å². The summed E-state index contributed by atoms with van der Waals surface area (Å²) in [5, 5.41) is 0. The average Bonchev–Trinajstić information content (AvgIpc) is 3.79. The molecule has 4 heterocycles. The van der Waals surface area contributed by atoms with E-state index in [1.807, 2.05) is 64.1 Å². The Morgan fingerprint density at radius 3 is 1.17 bits per heavy atom. The molecule has 0 N–H and O–H groups in total. The molecule has 6 rings (SSSR count). The fraction of sp³-hybridized carbons (Fsp3) is 0.294. The van der Waals surface area contributed by atoms with Gasteiger partial charge in [-0.15, -0.1) is 22.7 Å². The van der Waals surface area contributed by atoms with Gasteiger partial charge in [0.25, 0.3) is 23.6 Å². The number of hydrogen-bond donors (Lipinski definition) is 0. The zero-order valence-electron chi connectivity index (χ0n) is 24.1. The van der Waals surface area contributed by atoms with E-state index in [1.165, 1.54) is 9.80 Å². The molecule has 0 unspecified atom stereocenters. The second-order valence-electron chi connectivity index (χ2n) is 10.7. The Labute approximate surface area is 253 Å². The van der Waals surface area contributed by atoms with Crippen molar-refractivity contribution >= 4 is 46.3 Å². The van der Waals surface area contributed by atoms with Crippen molar-refractivity contribution in [3.8, 4) is 30.6 Å². The predicted octanol–water partition coefficient (Wildman–Crippen LogP) is 8.38. The van der Waals surface area contributed by atoms with Crippen molar-refractivity contribution in [2.24, 2.45) is 0 Å². The van der Waals surface area contributed by atoms with E-state index >= 15 is 0 Å². The summed E-state index contributed by atoms with van der Waals surface area (Å²) in [6, 6.07) is 19.2. The number of imide groups is 2. The molecule has 0 fully saturated rings. The molecular formula is C34H32N2O4S2. The highest BCUT2D eigenvalue weighted by atomic mass is 32.1. The van der Waals surface area contributed by atoms with Gasteiger partial charge in [0.05, 0.1) is 22.3 Å². The minimum Gasteiger partial charge on any atom is -0.271 e. The van der Waals surface area contributed by atoms with Crippen molar-refractivity contribution < 1.29 is 19.2 Å². The molecule has 42 heavy (non-hydrogen) atoms. The molecule has 0 spiro atoms. The highest BCUT2D eigenvalue weighted by Crippen LogP contribution is 2.42. The van der Waals surface area contributed by atoms with Crippen molar-refractivity contribution in [2.45, 2.75) is 65.5 Å². The van der Waals surface area contributed by atoms with Gasteiger partial charge in [-0.25, -0.2) is 0 Å². The standard InChI is InChI=1S/C34H32N2O4S2/c1-5-21(6-2)35-31(37)23-11-9-19(17-25(23)33(35)39)27-13-15-29(41-27)30-16-14-28(42-30)20-10-12-24-26(18-20)34(40)36(32(24)38)22(7-3)8-4/h9-18,21-22H,5-8H2,1-4H3. The van der Waals surface area contributed by atoms with Crippen LogP contribution >= 0.6 is 22.7 Å². The number of amides is 4. The number of benzene rings is 2. The van der Waals surface area contributed by atoms with Crippen molar-refractivity contribution in [3.63, 3.8) is 0 Å². The number of carbonyl (C=O) groups is 4. The lowest BCUT2D eigenvalue weighted by molar-refractivity contribution is 0.0560. The van der Waals surface area contributed by atoms with Gasteiger partial charge in [-0.1, -0.05) is 39.8 Å². The van der Waals surface area contributed by atoms with Crippen LogP contribution in [-0.4, -0.2) is 45.5 Å². The van der Waals surface area contributed by atoms with E-state index in [-0.39, 0.29) is 35.7 Å². The Bertz CT molecular complexity index is 1610. The van der Waals surface area contributed by atoms with E-state index in [4.69, 9.17) is 0 Å². The van der Waals surface area contributed by atoms with Gasteiger partial charge in [0.1, 0.15) is 0 Å². The lowest BCUT2D eigenvalue weighted by Gasteiger charge is -2.23. The first-order valence-corrected chi connectivity index (χ1v) is 16.2. The third-order valence-corrected chi connectivity index (χ3v) is 10.9. The highest BCUT2D eigenvalue weighted by molar-refractivity contribution is 7.25. The van der Waals surface area contributed by atoms with Crippen LogP contribution in [0.2, 0.25) is 0 Å². The maximum atomic E-state index is 13.2. The summed E-state index contributed by atoms with van der Waals surface area (Å²) in [6.45, 7) is 8.00. The molecule has 0 bridgehead atoms. The van der Waals surface area contributed by atoms with Crippen LogP contribution in [-0.2, 0) is 0 Å². The summed E-state index contributed by atoms with van der Waals surface area (Å²) in [5.41, 5.74) is 3.74. The number of thiophene rings is 2. The molecule has 0 saturated carbocycles. The van der Waals surface area contributed by atoms with E-state index in [1.54, 1.807) is 34.8 Å². The number of hydrogen-bond acceptors (Lipinski definition) is 6. The number of rotatable bonds is 9. The highest BCUT2D eigenvalue weighted by Gasteiger charge is 2.40. The summed E-state index contributed by atoms with van der Waals surface area (Å²) in [5.74, 6) is -0.811. The molecule has 2 aliphatic rings. The van der Waals surface area contributed by atoms with Crippen LogP contribution < -0.4 is 0 Å². The Kier molecular flexibility index (Phi) is 7.45. The number of nitrogens with zero attached hydrogens (tertiary/aromatic N) is 2. The predicted molar refractivity (Wildman–Crippen MR) is 168 cm³/mol. The van der Waals surface area contributed by atoms with E-state index in [0.717, 1.165) is 56.3 Å². The van der Waals surface area contributed by atoms with Crippen LogP contribution in [0.4, 0.5) is 0 Å². The van der Waals surface area contributed by atoms with Crippen LogP contribution in [0.5, 0.6) is 0 Å². The van der Waals surface area contributed by atoms with Crippen molar-refractivity contribution in [1.29, 1.82) is 0 Å². The molecule has 4 amide bonds. The van der Waals surface area contributed by atoms with Crippen LogP contribution in [0.3, 0.4) is 0 Å². The summed E-state index contributed by atoms with van der Waals surface area (Å²) >= 11 is 3.27. The van der Waals surface area contributed by atoms with Gasteiger partial charge >= 0.3 is 0 Å². The molecule has 4 aromatic rings. The monoisotopic (exact) mass is 596 g/mol. The third-order valence-electron chi connectivity index (χ3n) is 8.48. The lowest BCUT2D eigenvalue weighted by atomic mass is 10.0. The molecule has 214 valence electrons. The van der Waals surface area contributed by atoms with Crippen LogP contribution in [0.1, 0.15) is 94.8 Å². The zero-order chi connectivity index (χ0) is 29.7. The minimum atomic E-state index is -0.206. The van der Waals surface area contributed by atoms with Crippen LogP contribution in [0.15, 0.2) is 60.7 Å². The first kappa shape index (κ1) is 28.2. The molecule has 2 aromatic carbocycles. The van der Waals surface area contributed by atoms with Crippen LogP contribution in [0.25, 0.3) is 30.6 Å². The fourth-order valence-electron chi connectivity index (χ4n) is 6.05. The van der Waals surface area contributed by atoms with E-state index < -0.39 is 0 Å². The molecule has 0 atom stereocenters. The smallest absolute Gasteiger partial charge is 0.261 e. The Morgan fingerprint density at radius 2 is 0.810 bits per heavy atom. The second kappa shape index (κ2) is 11.1. The molecule has 6 nitrogen and oxygen atoms in total. The third kappa shape index (κ3) is 4.44. The summed E-state index contributed by atoms with van der Waals surface area (Å²) in [7, 11) is 0. The van der Waals surface area contributed by atoms with Gasteiger partial charge in [0.15, 0.2) is 0 Å². The van der Waals surface area contributed by atoms with Gasteiger partial charge in [-0.3, -0.25) is 29.0 Å². The molecule has 0 radical (unpaired) electrons. The average molecular weight is 597 g/mol. The van der Waals surface area contributed by atoms with E-state index in [9.17, 15) is 19.2 Å². The maximum absolute atomic E-state index is 13.2. The normalized spacial score (nSPS) is 14.6. The fourth-order valence-corrected chi connectivity index (χ4v) is 8.14. The maximum Gasteiger partial charge on any atom is 0.261 e. The Balaban J connectivity index is 1.25. The largest absolute Gasteiger partial charge is 0.271 e. The van der Waals surface area contributed by atoms with E-state index in [0.29, 0.717) is 22.3 Å². The summed E-state index contributed by atoms with van der Waals surface area (Å²) in [4.78, 5) is 59.3. The summed E-state index contributed by atoms with van der Waals surface area (Å²) in [6.07, 6.45) is 2.95. The number of carbonyl (C=O) groups excluding carboxylic acids is 4. The molecule has 2 aromatic heterocycles. The van der Waals surface area contributed by atoms with Crippen LogP contribution in [0, 0.1) is 0 Å². The molecular weight excluding hydrogens is 565 g/mol. The lowest BCUT2D eigenvalue weighted by Crippen LogP contribution is -2.39. The second-order valence-corrected chi connectivity index (χ2v) is 12.9. The van der Waals surface area contributed by atoms with E-state index in [2.05, 4.69) is 12.1 Å². The quantitative estimate of drug-likeness (QED) is 0.182. The molecule has 2 aliphatic heterocycles. The summed E-state index contributed by atoms with van der Waals surface area (Å²) < 4.78 is 0. The molecule has 0 saturated heterocycles. The SMILES string of the molecule is CCC(CC)N1C(=O)c2ccc(-c3ccc(-c4ccc(-c5ccc6c(c5)C(=O)N(C(CC)CC)C6=O)s4)s3)cc2C1=O. The Morgan fingerprint density at radius 1 is 0.476 bits per heavy atom. The molecule has 0 aliphatic carbocycles. The van der Waals surface area contributed by atoms with Gasteiger partial charge in [-0.2, -0.15) is 0 Å². The van der Waals surface area contributed by atoms with Crippen molar-refractivity contribution in [2.75, 3.05) is 0 Å². The van der Waals surface area contributed by atoms with Crippen molar-refractivity contribution in [1.82, 2.24) is 9.80 Å².